The van der Waals surface area contributed by atoms with Crippen molar-refractivity contribution in [2.75, 3.05) is 18.5 Å². The summed E-state index contributed by atoms with van der Waals surface area (Å²) < 4.78 is 5.47. The number of nitrogens with two attached hydrogens (primary N) is 1. The van der Waals surface area contributed by atoms with Crippen LogP contribution in [0.1, 0.15) is 32.8 Å². The molecule has 4 nitrogen and oxygen atoms in total. The molecule has 110 valence electrons. The first-order chi connectivity index (χ1) is 9.44. The molecule has 1 aliphatic heterocycles. The summed E-state index contributed by atoms with van der Waals surface area (Å²) in [6.45, 7) is 7.52. The van der Waals surface area contributed by atoms with Crippen molar-refractivity contribution in [3.05, 3.63) is 29.8 Å². The van der Waals surface area contributed by atoms with Gasteiger partial charge in [0.15, 0.2) is 0 Å². The molecule has 4 heteroatoms. The van der Waals surface area contributed by atoms with E-state index in [2.05, 4.69) is 19.2 Å². The van der Waals surface area contributed by atoms with Crippen LogP contribution in [-0.4, -0.2) is 25.2 Å². The zero-order chi connectivity index (χ0) is 14.8. The number of carbonyl (C=O) groups excluding carboxylic acids is 1. The number of amides is 1. The van der Waals surface area contributed by atoms with Gasteiger partial charge in [-0.05, 0) is 30.0 Å². The molecule has 0 spiro atoms. The third-order valence-electron chi connectivity index (χ3n) is 4.09. The number of ether oxygens (including phenoxy) is 1. The van der Waals surface area contributed by atoms with Crippen LogP contribution in [0.25, 0.3) is 0 Å². The highest BCUT2D eigenvalue weighted by Crippen LogP contribution is 2.24. The Kier molecular flexibility index (Phi) is 4.45. The number of nitrogens with one attached hydrogen (secondary N) is 1. The lowest BCUT2D eigenvalue weighted by atomic mass is 9.85. The largest absolute Gasteiger partial charge is 0.368 e. The van der Waals surface area contributed by atoms with Gasteiger partial charge >= 0.3 is 0 Å². The second kappa shape index (κ2) is 5.94. The van der Waals surface area contributed by atoms with Crippen LogP contribution in [-0.2, 0) is 14.9 Å². The SMILES string of the molecule is CC1CCOC1C(=O)Nc1ccc(C(C)(C)CN)cc1. The molecule has 1 aromatic rings. The van der Waals surface area contributed by atoms with Crippen LogP contribution < -0.4 is 11.1 Å². The van der Waals surface area contributed by atoms with Crippen LogP contribution in [0.3, 0.4) is 0 Å². The molecule has 1 amide bonds. The smallest absolute Gasteiger partial charge is 0.253 e. The van der Waals surface area contributed by atoms with Crippen molar-refractivity contribution in [1.82, 2.24) is 0 Å². The van der Waals surface area contributed by atoms with Crippen molar-refractivity contribution in [2.24, 2.45) is 11.7 Å². The normalized spacial score (nSPS) is 22.8. The molecule has 0 aliphatic carbocycles. The first-order valence-corrected chi connectivity index (χ1v) is 7.17. The second-order valence-corrected chi connectivity index (χ2v) is 6.21. The summed E-state index contributed by atoms with van der Waals surface area (Å²) in [5, 5.41) is 2.92. The summed E-state index contributed by atoms with van der Waals surface area (Å²) in [5.74, 6) is 0.228. The van der Waals surface area contributed by atoms with Gasteiger partial charge in [0.2, 0.25) is 0 Å². The van der Waals surface area contributed by atoms with Gasteiger partial charge in [-0.15, -0.1) is 0 Å². The molecule has 1 aliphatic rings. The molecule has 0 saturated carbocycles. The maximum Gasteiger partial charge on any atom is 0.253 e. The summed E-state index contributed by atoms with van der Waals surface area (Å²) in [4.78, 5) is 12.1. The Labute approximate surface area is 120 Å². The minimum atomic E-state index is -0.324. The fraction of sp³-hybridized carbons (Fsp3) is 0.562. The van der Waals surface area contributed by atoms with E-state index in [9.17, 15) is 4.79 Å². The Balaban J connectivity index is 2.02. The predicted molar refractivity (Wildman–Crippen MR) is 80.7 cm³/mol. The highest BCUT2D eigenvalue weighted by atomic mass is 16.5. The molecule has 1 heterocycles. The van der Waals surface area contributed by atoms with Gasteiger partial charge in [-0.1, -0.05) is 32.9 Å². The van der Waals surface area contributed by atoms with Crippen LogP contribution >= 0.6 is 0 Å². The molecule has 0 radical (unpaired) electrons. The fourth-order valence-electron chi connectivity index (χ4n) is 2.37. The minimum Gasteiger partial charge on any atom is -0.368 e. The minimum absolute atomic E-state index is 0.0500. The zero-order valence-corrected chi connectivity index (χ0v) is 12.5. The van der Waals surface area contributed by atoms with Gasteiger partial charge in [0.05, 0.1) is 0 Å². The topological polar surface area (TPSA) is 64.3 Å². The second-order valence-electron chi connectivity index (χ2n) is 6.21. The van der Waals surface area contributed by atoms with E-state index < -0.39 is 0 Å². The average molecular weight is 276 g/mol. The summed E-state index contributed by atoms with van der Waals surface area (Å²) in [5.41, 5.74) is 7.69. The first kappa shape index (κ1) is 15.0. The highest BCUT2D eigenvalue weighted by molar-refractivity contribution is 5.94. The first-order valence-electron chi connectivity index (χ1n) is 7.17. The monoisotopic (exact) mass is 276 g/mol. The maximum atomic E-state index is 12.1. The van der Waals surface area contributed by atoms with E-state index in [0.717, 1.165) is 12.1 Å². The Morgan fingerprint density at radius 1 is 1.40 bits per heavy atom. The number of hydrogen-bond donors (Lipinski definition) is 2. The molecule has 2 unspecified atom stereocenters. The van der Waals surface area contributed by atoms with Crippen LogP contribution in [0.4, 0.5) is 5.69 Å². The Morgan fingerprint density at radius 2 is 2.05 bits per heavy atom. The number of rotatable bonds is 4. The van der Waals surface area contributed by atoms with Crippen molar-refractivity contribution >= 4 is 11.6 Å². The molecule has 1 aromatic carbocycles. The van der Waals surface area contributed by atoms with Crippen LogP contribution in [0, 0.1) is 5.92 Å². The molecule has 2 rings (SSSR count). The molecule has 3 N–H and O–H groups in total. The Hall–Kier alpha value is -1.39. The molecule has 0 aromatic heterocycles. The Morgan fingerprint density at radius 3 is 2.55 bits per heavy atom. The maximum absolute atomic E-state index is 12.1. The van der Waals surface area contributed by atoms with Crippen molar-refractivity contribution in [3.8, 4) is 0 Å². The molecule has 1 fully saturated rings. The van der Waals surface area contributed by atoms with E-state index in [1.165, 1.54) is 5.56 Å². The molecule has 2 atom stereocenters. The van der Waals surface area contributed by atoms with Gasteiger partial charge in [0, 0.05) is 24.3 Å². The molecular formula is C16H24N2O2. The lowest BCUT2D eigenvalue weighted by Crippen LogP contribution is -2.31. The van der Waals surface area contributed by atoms with E-state index in [1.54, 1.807) is 0 Å². The van der Waals surface area contributed by atoms with Crippen molar-refractivity contribution in [2.45, 2.75) is 38.7 Å². The van der Waals surface area contributed by atoms with E-state index in [4.69, 9.17) is 10.5 Å². The van der Waals surface area contributed by atoms with E-state index in [-0.39, 0.29) is 23.3 Å². The van der Waals surface area contributed by atoms with Crippen molar-refractivity contribution < 1.29 is 9.53 Å². The third kappa shape index (κ3) is 3.19. The number of anilines is 1. The summed E-state index contributed by atoms with van der Waals surface area (Å²) in [6, 6.07) is 7.87. The average Bonchev–Trinajstić information content (AvgIpc) is 2.85. The molecule has 20 heavy (non-hydrogen) atoms. The highest BCUT2D eigenvalue weighted by Gasteiger charge is 2.30. The third-order valence-corrected chi connectivity index (χ3v) is 4.09. The van der Waals surface area contributed by atoms with E-state index in [0.29, 0.717) is 13.2 Å². The quantitative estimate of drug-likeness (QED) is 0.886. The summed E-state index contributed by atoms with van der Waals surface area (Å²) in [6.07, 6.45) is 0.622. The number of hydrogen-bond acceptors (Lipinski definition) is 3. The van der Waals surface area contributed by atoms with Gasteiger partial charge in [0.25, 0.3) is 5.91 Å². The van der Waals surface area contributed by atoms with Gasteiger partial charge in [-0.3, -0.25) is 4.79 Å². The summed E-state index contributed by atoms with van der Waals surface area (Å²) in [7, 11) is 0. The zero-order valence-electron chi connectivity index (χ0n) is 12.5. The Bertz CT molecular complexity index is 468. The molecular weight excluding hydrogens is 252 g/mol. The van der Waals surface area contributed by atoms with Crippen molar-refractivity contribution in [1.29, 1.82) is 0 Å². The van der Waals surface area contributed by atoms with E-state index in [1.807, 2.05) is 31.2 Å². The van der Waals surface area contributed by atoms with E-state index >= 15 is 0 Å². The number of carbonyl (C=O) groups is 1. The van der Waals surface area contributed by atoms with Gasteiger partial charge in [0.1, 0.15) is 6.10 Å². The van der Waals surface area contributed by atoms with Crippen molar-refractivity contribution in [3.63, 3.8) is 0 Å². The van der Waals surface area contributed by atoms with Crippen LogP contribution in [0.2, 0.25) is 0 Å². The standard InChI is InChI=1S/C16H24N2O2/c1-11-8-9-20-14(11)15(19)18-13-6-4-12(5-7-13)16(2,3)10-17/h4-7,11,14H,8-10,17H2,1-3H3,(H,18,19). The number of benzene rings is 1. The molecule has 0 bridgehead atoms. The summed E-state index contributed by atoms with van der Waals surface area (Å²) >= 11 is 0. The van der Waals surface area contributed by atoms with Gasteiger partial charge in [-0.2, -0.15) is 0 Å². The van der Waals surface area contributed by atoms with Crippen LogP contribution in [0.5, 0.6) is 0 Å². The van der Waals surface area contributed by atoms with Gasteiger partial charge in [-0.25, -0.2) is 0 Å². The lowest BCUT2D eigenvalue weighted by molar-refractivity contribution is -0.126. The fourth-order valence-corrected chi connectivity index (χ4v) is 2.37. The van der Waals surface area contributed by atoms with Crippen LogP contribution in [0.15, 0.2) is 24.3 Å². The van der Waals surface area contributed by atoms with Gasteiger partial charge < -0.3 is 15.8 Å². The molecule has 1 saturated heterocycles. The lowest BCUT2D eigenvalue weighted by Gasteiger charge is -2.23. The predicted octanol–water partition coefficient (Wildman–Crippen LogP) is 2.29.